The van der Waals surface area contributed by atoms with Gasteiger partial charge >= 0.3 is 0 Å². The number of nitrogens with zero attached hydrogens (tertiary/aromatic N) is 4. The van der Waals surface area contributed by atoms with E-state index in [2.05, 4.69) is 50.3 Å². The van der Waals surface area contributed by atoms with E-state index in [0.29, 0.717) is 5.16 Å². The van der Waals surface area contributed by atoms with Crippen LogP contribution in [0.5, 0.6) is 0 Å². The highest BCUT2D eigenvalue weighted by atomic mass is 79.9. The topological polar surface area (TPSA) is 83.2 Å². The Kier molecular flexibility index (Phi) is 7.00. The van der Waals surface area contributed by atoms with Crippen molar-refractivity contribution in [2.75, 3.05) is 0 Å². The van der Waals surface area contributed by atoms with Gasteiger partial charge in [0.05, 0.1) is 12.2 Å². The molecule has 0 aliphatic heterocycles. The van der Waals surface area contributed by atoms with Gasteiger partial charge in [0, 0.05) is 16.6 Å². The summed E-state index contributed by atoms with van der Waals surface area (Å²) in [7, 11) is 0. The van der Waals surface area contributed by atoms with E-state index in [4.69, 9.17) is 0 Å². The van der Waals surface area contributed by atoms with Gasteiger partial charge in [-0.1, -0.05) is 71.0 Å². The Morgan fingerprint density at radius 1 is 1.18 bits per heavy atom. The highest BCUT2D eigenvalue weighted by molar-refractivity contribution is 9.10. The lowest BCUT2D eigenvalue weighted by molar-refractivity contribution is -0.255. The number of aromatic nitrogens is 3. The summed E-state index contributed by atoms with van der Waals surface area (Å²) in [6.07, 6.45) is 3.38. The summed E-state index contributed by atoms with van der Waals surface area (Å²) < 4.78 is 2.80. The highest BCUT2D eigenvalue weighted by Gasteiger charge is 2.11. The first-order chi connectivity index (χ1) is 13.6. The van der Waals surface area contributed by atoms with Crippen LogP contribution < -0.4 is 5.11 Å². The quantitative estimate of drug-likeness (QED) is 0.381. The number of hydrogen-bond donors (Lipinski definition) is 0. The molecular formula is C20H18BrN4O2S-. The molecule has 0 atom stereocenters. The number of aromatic carboxylic acids is 1. The second kappa shape index (κ2) is 9.66. The van der Waals surface area contributed by atoms with Gasteiger partial charge in [0.15, 0.2) is 5.82 Å². The summed E-state index contributed by atoms with van der Waals surface area (Å²) in [6.45, 7) is 2.08. The molecular weight excluding hydrogens is 440 g/mol. The molecule has 0 N–H and O–H groups in total. The van der Waals surface area contributed by atoms with Crippen LogP contribution in [0.2, 0.25) is 0 Å². The van der Waals surface area contributed by atoms with Crippen molar-refractivity contribution < 1.29 is 9.90 Å². The maximum absolute atomic E-state index is 10.9. The Bertz CT molecular complexity index is 969. The second-order valence-electron chi connectivity index (χ2n) is 6.03. The number of rotatable bonds is 8. The number of carbonyl (C=O) groups is 1. The fourth-order valence-electron chi connectivity index (χ4n) is 2.44. The van der Waals surface area contributed by atoms with Gasteiger partial charge in [-0.3, -0.25) is 0 Å². The molecule has 0 spiro atoms. The summed E-state index contributed by atoms with van der Waals surface area (Å²) in [5.74, 6) is 0.357. The van der Waals surface area contributed by atoms with E-state index >= 15 is 0 Å². The molecule has 0 bridgehead atoms. The number of hydrogen-bond acceptors (Lipinski definition) is 6. The molecule has 0 radical (unpaired) electrons. The number of carboxylic acids is 1. The van der Waals surface area contributed by atoms with E-state index in [-0.39, 0.29) is 5.56 Å². The van der Waals surface area contributed by atoms with Crippen LogP contribution in [-0.4, -0.2) is 27.1 Å². The lowest BCUT2D eigenvalue weighted by Gasteiger charge is -2.05. The molecule has 8 heteroatoms. The van der Waals surface area contributed by atoms with Crippen molar-refractivity contribution in [1.29, 1.82) is 0 Å². The van der Waals surface area contributed by atoms with Crippen molar-refractivity contribution in [3.8, 4) is 0 Å². The molecule has 1 heterocycles. The molecule has 144 valence electrons. The number of benzene rings is 2. The van der Waals surface area contributed by atoms with Gasteiger partial charge in [0.25, 0.3) is 0 Å². The minimum Gasteiger partial charge on any atom is -0.545 e. The third-order valence-corrected chi connectivity index (χ3v) is 5.42. The fourth-order valence-corrected chi connectivity index (χ4v) is 3.57. The van der Waals surface area contributed by atoms with Crippen LogP contribution in [0.15, 0.2) is 63.3 Å². The number of aryl methyl sites for hydroxylation is 1. The van der Waals surface area contributed by atoms with Crippen LogP contribution in [0, 0.1) is 0 Å². The lowest BCUT2D eigenvalue weighted by Crippen LogP contribution is -2.21. The molecule has 0 aliphatic rings. The van der Waals surface area contributed by atoms with Gasteiger partial charge in [0.1, 0.15) is 0 Å². The predicted molar refractivity (Wildman–Crippen MR) is 111 cm³/mol. The molecule has 6 nitrogen and oxygen atoms in total. The van der Waals surface area contributed by atoms with Crippen LogP contribution in [0.4, 0.5) is 0 Å². The first-order valence-corrected chi connectivity index (χ1v) is 10.5. The molecule has 2 aromatic carbocycles. The normalized spacial score (nSPS) is 11.2. The lowest BCUT2D eigenvalue weighted by atomic mass is 10.1. The predicted octanol–water partition coefficient (Wildman–Crippen LogP) is 3.53. The van der Waals surface area contributed by atoms with Crippen LogP contribution in [0.3, 0.4) is 0 Å². The molecule has 3 aromatic rings. The van der Waals surface area contributed by atoms with Gasteiger partial charge in [-0.2, -0.15) is 9.78 Å². The molecule has 3 rings (SSSR count). The first kappa shape index (κ1) is 20.3. The maximum atomic E-state index is 10.9. The van der Waals surface area contributed by atoms with Gasteiger partial charge in [-0.25, -0.2) is 0 Å². The van der Waals surface area contributed by atoms with E-state index in [1.54, 1.807) is 34.8 Å². The standard InChI is InChI=1S/C20H19BrN4O2S/c1-2-3-18-23-24-20(28-13-15-6-10-17(21)11-7-15)25(18)22-12-14-4-8-16(9-5-14)19(26)27/h4-12H,2-3,13H2,1H3,(H,26,27)/p-1/b22-12-. The Morgan fingerprint density at radius 3 is 2.54 bits per heavy atom. The average molecular weight is 458 g/mol. The van der Waals surface area contributed by atoms with Crippen molar-refractivity contribution in [3.63, 3.8) is 0 Å². The molecule has 28 heavy (non-hydrogen) atoms. The largest absolute Gasteiger partial charge is 0.545 e. The number of carbonyl (C=O) groups excluding carboxylic acids is 1. The van der Waals surface area contributed by atoms with E-state index in [1.165, 1.54) is 17.7 Å². The zero-order valence-electron chi connectivity index (χ0n) is 15.2. The Morgan fingerprint density at radius 2 is 1.89 bits per heavy atom. The monoisotopic (exact) mass is 457 g/mol. The smallest absolute Gasteiger partial charge is 0.212 e. The third kappa shape index (κ3) is 5.30. The van der Waals surface area contributed by atoms with Crippen molar-refractivity contribution >= 4 is 39.9 Å². The molecule has 0 saturated carbocycles. The van der Waals surface area contributed by atoms with Crippen molar-refractivity contribution in [3.05, 3.63) is 75.5 Å². The second-order valence-corrected chi connectivity index (χ2v) is 7.89. The summed E-state index contributed by atoms with van der Waals surface area (Å²) in [4.78, 5) is 10.9. The number of halogens is 1. The Labute approximate surface area is 175 Å². The molecule has 0 amide bonds. The van der Waals surface area contributed by atoms with E-state index in [0.717, 1.165) is 34.5 Å². The SMILES string of the molecule is CCCc1nnc(SCc2ccc(Br)cc2)n1/N=C\c1ccc(C(=O)[O-])cc1. The van der Waals surface area contributed by atoms with Crippen LogP contribution in [0.25, 0.3) is 0 Å². The van der Waals surface area contributed by atoms with E-state index in [9.17, 15) is 9.90 Å². The minimum absolute atomic E-state index is 0.138. The van der Waals surface area contributed by atoms with Crippen molar-refractivity contribution in [1.82, 2.24) is 14.9 Å². The van der Waals surface area contributed by atoms with Gasteiger partial charge in [-0.15, -0.1) is 10.2 Å². The molecule has 1 aromatic heterocycles. The molecule has 0 saturated heterocycles. The summed E-state index contributed by atoms with van der Waals surface area (Å²) in [5.41, 5.74) is 2.10. The first-order valence-electron chi connectivity index (χ1n) is 8.74. The summed E-state index contributed by atoms with van der Waals surface area (Å²) in [5, 5.41) is 24.7. The van der Waals surface area contributed by atoms with Gasteiger partial charge in [-0.05, 0) is 35.2 Å². The van der Waals surface area contributed by atoms with Crippen LogP contribution in [0.1, 0.15) is 40.7 Å². The third-order valence-electron chi connectivity index (χ3n) is 3.90. The zero-order valence-corrected chi connectivity index (χ0v) is 17.6. The van der Waals surface area contributed by atoms with E-state index in [1.807, 2.05) is 12.1 Å². The number of carboxylic acid groups (broad SMARTS) is 1. The molecule has 0 aliphatic carbocycles. The summed E-state index contributed by atoms with van der Waals surface area (Å²) >= 11 is 5.01. The van der Waals surface area contributed by atoms with Crippen molar-refractivity contribution in [2.45, 2.75) is 30.7 Å². The summed E-state index contributed by atoms with van der Waals surface area (Å²) in [6, 6.07) is 14.5. The van der Waals surface area contributed by atoms with E-state index < -0.39 is 5.97 Å². The Balaban J connectivity index is 1.78. The zero-order chi connectivity index (χ0) is 19.9. The Hall–Kier alpha value is -2.45. The van der Waals surface area contributed by atoms with Crippen LogP contribution >= 0.6 is 27.7 Å². The highest BCUT2D eigenvalue weighted by Crippen LogP contribution is 2.23. The van der Waals surface area contributed by atoms with Gasteiger partial charge in [0.2, 0.25) is 5.16 Å². The minimum atomic E-state index is -1.20. The molecule has 0 fully saturated rings. The fraction of sp³-hybridized carbons (Fsp3) is 0.200. The van der Waals surface area contributed by atoms with Crippen LogP contribution in [-0.2, 0) is 12.2 Å². The van der Waals surface area contributed by atoms with Crippen molar-refractivity contribution in [2.24, 2.45) is 5.10 Å². The number of thioether (sulfide) groups is 1. The average Bonchev–Trinajstić information content (AvgIpc) is 3.08. The van der Waals surface area contributed by atoms with Gasteiger partial charge < -0.3 is 9.90 Å². The molecule has 0 unspecified atom stereocenters. The maximum Gasteiger partial charge on any atom is 0.212 e.